The molecule has 2 N–H and O–H groups in total. The van der Waals surface area contributed by atoms with E-state index in [1.807, 2.05) is 26.8 Å². The number of carbonyl (C=O) groups excluding carboxylic acids is 2. The van der Waals surface area contributed by atoms with Crippen molar-refractivity contribution in [3.05, 3.63) is 65.4 Å². The van der Waals surface area contributed by atoms with Gasteiger partial charge in [-0.2, -0.15) is 5.10 Å². The number of piperazine rings is 1. The molecule has 0 bridgehead atoms. The average molecular weight is 589 g/mol. The first-order valence-electron chi connectivity index (χ1n) is 13.3. The molecular formula is C29H35ClF2N6O3. The van der Waals surface area contributed by atoms with Crippen molar-refractivity contribution in [3.8, 4) is 17.0 Å². The highest BCUT2D eigenvalue weighted by atomic mass is 35.5. The highest BCUT2D eigenvalue weighted by Crippen LogP contribution is 2.38. The number of hydrogen-bond acceptors (Lipinski definition) is 6. The molecule has 0 radical (unpaired) electrons. The summed E-state index contributed by atoms with van der Waals surface area (Å²) in [6, 6.07) is 10.8. The second-order valence-electron chi connectivity index (χ2n) is 10.7. The van der Waals surface area contributed by atoms with E-state index in [2.05, 4.69) is 37.1 Å². The number of ether oxygens (including phenoxy) is 1. The van der Waals surface area contributed by atoms with Crippen LogP contribution in [-0.4, -0.2) is 89.1 Å². The fourth-order valence-corrected chi connectivity index (χ4v) is 5.31. The Kier molecular flexibility index (Phi) is 9.31. The van der Waals surface area contributed by atoms with Crippen molar-refractivity contribution in [2.45, 2.75) is 31.9 Å². The predicted octanol–water partition coefficient (Wildman–Crippen LogP) is 4.75. The fourth-order valence-electron chi connectivity index (χ4n) is 5.22. The third kappa shape index (κ3) is 7.60. The van der Waals surface area contributed by atoms with E-state index in [0.29, 0.717) is 23.5 Å². The van der Waals surface area contributed by atoms with E-state index in [0.717, 1.165) is 55.8 Å². The van der Waals surface area contributed by atoms with Crippen LogP contribution in [-0.2, 0) is 10.3 Å². The second kappa shape index (κ2) is 12.5. The maximum absolute atomic E-state index is 13.3. The Morgan fingerprint density at radius 2 is 1.85 bits per heavy atom. The number of hydrogen-bond donors (Lipinski definition) is 2. The van der Waals surface area contributed by atoms with E-state index in [1.54, 1.807) is 23.2 Å². The lowest BCUT2D eigenvalue weighted by Gasteiger charge is -2.40. The zero-order valence-corrected chi connectivity index (χ0v) is 24.3. The van der Waals surface area contributed by atoms with Crippen LogP contribution in [0.2, 0.25) is 0 Å². The Bertz CT molecular complexity index is 1340. The van der Waals surface area contributed by atoms with Crippen molar-refractivity contribution in [2.75, 3.05) is 51.6 Å². The third-order valence-electron chi connectivity index (χ3n) is 7.44. The zero-order chi connectivity index (χ0) is 29.8. The summed E-state index contributed by atoms with van der Waals surface area (Å²) in [5, 5.41) is 9.88. The quantitative estimate of drug-likeness (QED) is 0.248. The topological polar surface area (TPSA) is 93.8 Å². The van der Waals surface area contributed by atoms with Gasteiger partial charge >= 0.3 is 5.57 Å². The molecule has 4 rings (SSSR count). The molecular weight excluding hydrogens is 554 g/mol. The van der Waals surface area contributed by atoms with Gasteiger partial charge in [0, 0.05) is 73.9 Å². The zero-order valence-electron chi connectivity index (χ0n) is 23.6. The summed E-state index contributed by atoms with van der Waals surface area (Å²) < 4.78 is 30.1. The summed E-state index contributed by atoms with van der Waals surface area (Å²) in [6.45, 7) is 11.2. The summed E-state index contributed by atoms with van der Waals surface area (Å²) >= 11 is 4.82. The summed E-state index contributed by atoms with van der Waals surface area (Å²) in [5.74, 6) is -0.531. The summed E-state index contributed by atoms with van der Waals surface area (Å²) in [6.07, 6.45) is 2.52. The van der Waals surface area contributed by atoms with Gasteiger partial charge in [0.05, 0.1) is 11.2 Å². The molecule has 0 atom stereocenters. The molecule has 1 aliphatic heterocycles. The van der Waals surface area contributed by atoms with Gasteiger partial charge in [-0.1, -0.05) is 0 Å². The SMILES string of the molecule is Cc1cc(C(=O)Nc2ccc(OC(F)(F)Cl)cc2)cc(-c2ccn[nH]2)c1C(C)(C)N(C=O)CCN1CCN(C)CC1. The number of nitrogens with zero attached hydrogens (tertiary/aromatic N) is 4. The Labute approximate surface area is 243 Å². The van der Waals surface area contributed by atoms with Gasteiger partial charge in [0.25, 0.3) is 5.91 Å². The van der Waals surface area contributed by atoms with Crippen molar-refractivity contribution in [3.63, 3.8) is 0 Å². The number of rotatable bonds is 11. The third-order valence-corrected chi connectivity index (χ3v) is 7.52. The Hall–Kier alpha value is -3.54. The summed E-state index contributed by atoms with van der Waals surface area (Å²) in [4.78, 5) is 32.1. The minimum absolute atomic E-state index is 0.140. The van der Waals surface area contributed by atoms with Gasteiger partial charge in [0.2, 0.25) is 6.41 Å². The van der Waals surface area contributed by atoms with E-state index in [-0.39, 0.29) is 5.75 Å². The van der Waals surface area contributed by atoms with Crippen LogP contribution in [0, 0.1) is 6.92 Å². The minimum atomic E-state index is -3.83. The predicted molar refractivity (Wildman–Crippen MR) is 154 cm³/mol. The number of likely N-dealkylation sites (N-methyl/N-ethyl adjacent to an activating group) is 1. The largest absolute Gasteiger partial charge is 0.487 e. The number of anilines is 1. The summed E-state index contributed by atoms with van der Waals surface area (Å²) in [7, 11) is 2.11. The molecule has 2 amide bonds. The molecule has 2 heterocycles. The molecule has 9 nitrogen and oxygen atoms in total. The van der Waals surface area contributed by atoms with Crippen LogP contribution in [0.25, 0.3) is 11.3 Å². The molecule has 220 valence electrons. The number of carbonyl (C=O) groups is 2. The van der Waals surface area contributed by atoms with E-state index in [1.165, 1.54) is 24.3 Å². The standard InChI is InChI=1S/C29H35ClF2N6O3/c1-20-17-21(27(40)34-22-5-7-23(8-6-22)41-29(30,31)32)18-24(25-9-10-33-35-25)26(20)28(2,3)38(19-39)16-15-37-13-11-36(4)12-14-37/h5-10,17-19H,11-16H2,1-4H3,(H,33,35)(H,34,40). The maximum atomic E-state index is 13.3. The molecule has 2 aromatic carbocycles. The highest BCUT2D eigenvalue weighted by Gasteiger charge is 2.33. The molecule has 0 spiro atoms. The van der Waals surface area contributed by atoms with Gasteiger partial charge in [-0.05, 0) is 81.4 Å². The molecule has 1 fully saturated rings. The van der Waals surface area contributed by atoms with Crippen LogP contribution in [0.4, 0.5) is 14.5 Å². The van der Waals surface area contributed by atoms with E-state index in [4.69, 9.17) is 11.6 Å². The van der Waals surface area contributed by atoms with Crippen LogP contribution in [0.5, 0.6) is 5.75 Å². The van der Waals surface area contributed by atoms with Crippen LogP contribution in [0.1, 0.15) is 35.3 Å². The fraction of sp³-hybridized carbons (Fsp3) is 0.414. The van der Waals surface area contributed by atoms with Crippen molar-refractivity contribution in [1.82, 2.24) is 24.9 Å². The molecule has 3 aromatic rings. The monoisotopic (exact) mass is 588 g/mol. The number of amides is 2. The van der Waals surface area contributed by atoms with Crippen molar-refractivity contribution in [2.24, 2.45) is 0 Å². The number of aromatic amines is 1. The van der Waals surface area contributed by atoms with Crippen molar-refractivity contribution < 1.29 is 23.1 Å². The van der Waals surface area contributed by atoms with E-state index < -0.39 is 17.0 Å². The van der Waals surface area contributed by atoms with Gasteiger partial charge in [-0.15, -0.1) is 8.78 Å². The molecule has 1 aliphatic rings. The number of aryl methyl sites for hydroxylation is 1. The highest BCUT2D eigenvalue weighted by molar-refractivity contribution is 6.20. The molecule has 41 heavy (non-hydrogen) atoms. The number of halogens is 3. The van der Waals surface area contributed by atoms with Crippen molar-refractivity contribution in [1.29, 1.82) is 0 Å². The van der Waals surface area contributed by atoms with Crippen LogP contribution >= 0.6 is 11.6 Å². The van der Waals surface area contributed by atoms with Gasteiger partial charge in [-0.25, -0.2) is 0 Å². The first-order valence-corrected chi connectivity index (χ1v) is 13.7. The summed E-state index contributed by atoms with van der Waals surface area (Å²) in [5.41, 5.74) is -0.578. The number of H-pyrrole nitrogens is 1. The lowest BCUT2D eigenvalue weighted by molar-refractivity contribution is -0.123. The molecule has 1 saturated heterocycles. The molecule has 0 unspecified atom stereocenters. The van der Waals surface area contributed by atoms with Crippen LogP contribution in [0.3, 0.4) is 0 Å². The Morgan fingerprint density at radius 3 is 2.44 bits per heavy atom. The second-order valence-corrected chi connectivity index (χ2v) is 11.2. The molecule has 0 aliphatic carbocycles. The van der Waals surface area contributed by atoms with Gasteiger partial charge in [-0.3, -0.25) is 19.6 Å². The number of alkyl halides is 3. The number of benzene rings is 2. The first-order chi connectivity index (χ1) is 19.4. The lowest BCUT2D eigenvalue weighted by atomic mass is 9.82. The Morgan fingerprint density at radius 1 is 1.17 bits per heavy atom. The van der Waals surface area contributed by atoms with Crippen molar-refractivity contribution >= 4 is 29.6 Å². The first kappa shape index (κ1) is 30.4. The molecule has 1 aromatic heterocycles. The minimum Gasteiger partial charge on any atom is -0.420 e. The molecule has 0 saturated carbocycles. The number of nitrogens with one attached hydrogen (secondary N) is 2. The smallest absolute Gasteiger partial charge is 0.420 e. The number of aromatic nitrogens is 2. The van der Waals surface area contributed by atoms with E-state index >= 15 is 0 Å². The Balaban J connectivity index is 1.59. The van der Waals surface area contributed by atoms with Crippen LogP contribution < -0.4 is 10.1 Å². The maximum Gasteiger partial charge on any atom is 0.487 e. The van der Waals surface area contributed by atoms with Crippen LogP contribution in [0.15, 0.2) is 48.7 Å². The van der Waals surface area contributed by atoms with E-state index in [9.17, 15) is 18.4 Å². The van der Waals surface area contributed by atoms with Gasteiger partial charge < -0.3 is 19.9 Å². The lowest BCUT2D eigenvalue weighted by Crippen LogP contribution is -2.49. The normalized spacial score (nSPS) is 15.0. The average Bonchev–Trinajstić information content (AvgIpc) is 3.45. The van der Waals surface area contributed by atoms with Gasteiger partial charge in [0.1, 0.15) is 5.75 Å². The van der Waals surface area contributed by atoms with Gasteiger partial charge in [0.15, 0.2) is 0 Å². The molecule has 12 heteroatoms.